The van der Waals surface area contributed by atoms with Crippen molar-refractivity contribution in [3.05, 3.63) is 99.0 Å². The molecular weight excluding hydrogens is 382 g/mol. The molecule has 5 nitrogen and oxygen atoms in total. The van der Waals surface area contributed by atoms with Crippen LogP contribution in [0.3, 0.4) is 0 Å². The number of nitrogens with one attached hydrogen (secondary N) is 1. The molecule has 0 aliphatic carbocycles. The van der Waals surface area contributed by atoms with Gasteiger partial charge in [-0.15, -0.1) is 0 Å². The van der Waals surface area contributed by atoms with Gasteiger partial charge >= 0.3 is 0 Å². The molecular formula is C23H19N3O2S. The smallest absolute Gasteiger partial charge is 0.264 e. The van der Waals surface area contributed by atoms with Gasteiger partial charge < -0.3 is 5.11 Å². The third-order valence-electron chi connectivity index (χ3n) is 4.72. The lowest BCUT2D eigenvalue weighted by Gasteiger charge is -2.13. The first kappa shape index (κ1) is 18.8. The molecule has 1 aromatic heterocycles. The monoisotopic (exact) mass is 401 g/mol. The van der Waals surface area contributed by atoms with Crippen LogP contribution in [0.2, 0.25) is 0 Å². The lowest BCUT2D eigenvalue weighted by atomic mass is 10.1. The first-order valence-corrected chi connectivity index (χ1v) is 9.66. The third-order valence-corrected chi connectivity index (χ3v) is 5.01. The van der Waals surface area contributed by atoms with Crippen LogP contribution >= 0.6 is 12.2 Å². The van der Waals surface area contributed by atoms with Gasteiger partial charge in [0.25, 0.3) is 5.56 Å². The molecule has 144 valence electrons. The van der Waals surface area contributed by atoms with Gasteiger partial charge in [-0.2, -0.15) is 0 Å². The Hall–Kier alpha value is -3.51. The molecule has 0 aliphatic rings. The van der Waals surface area contributed by atoms with Gasteiger partial charge in [-0.05, 0) is 35.7 Å². The summed E-state index contributed by atoms with van der Waals surface area (Å²) >= 11 is 5.33. The van der Waals surface area contributed by atoms with Crippen molar-refractivity contribution in [2.75, 3.05) is 6.54 Å². The van der Waals surface area contributed by atoms with E-state index in [9.17, 15) is 9.90 Å². The van der Waals surface area contributed by atoms with Crippen LogP contribution in [0.1, 0.15) is 11.1 Å². The van der Waals surface area contributed by atoms with Gasteiger partial charge in [-0.1, -0.05) is 66.7 Å². The van der Waals surface area contributed by atoms with Crippen molar-refractivity contribution in [1.82, 2.24) is 9.55 Å². The number of hydrogen-bond donors (Lipinski definition) is 2. The van der Waals surface area contributed by atoms with Crippen LogP contribution in [0.25, 0.3) is 16.5 Å². The molecule has 3 aromatic carbocycles. The lowest BCUT2D eigenvalue weighted by Crippen LogP contribution is -2.18. The second kappa shape index (κ2) is 8.24. The molecule has 0 saturated carbocycles. The highest BCUT2D eigenvalue weighted by Crippen LogP contribution is 2.26. The fourth-order valence-electron chi connectivity index (χ4n) is 3.28. The van der Waals surface area contributed by atoms with E-state index in [2.05, 4.69) is 9.98 Å². The Labute approximate surface area is 172 Å². The molecule has 1 heterocycles. The fraction of sp³-hybridized carbons (Fsp3) is 0.0870. The van der Waals surface area contributed by atoms with Crippen molar-refractivity contribution in [3.63, 3.8) is 0 Å². The van der Waals surface area contributed by atoms with E-state index in [0.29, 0.717) is 12.2 Å². The molecule has 0 spiro atoms. The molecule has 6 heteroatoms. The number of H-pyrrole nitrogens is 1. The van der Waals surface area contributed by atoms with E-state index in [1.54, 1.807) is 0 Å². The van der Waals surface area contributed by atoms with Crippen molar-refractivity contribution >= 4 is 29.2 Å². The Kier molecular flexibility index (Phi) is 5.35. The van der Waals surface area contributed by atoms with Crippen LogP contribution in [0, 0.1) is 4.77 Å². The normalized spacial score (nSPS) is 11.3. The van der Waals surface area contributed by atoms with Crippen LogP contribution in [0.5, 0.6) is 5.88 Å². The summed E-state index contributed by atoms with van der Waals surface area (Å²) in [5, 5.41) is 12.8. The minimum atomic E-state index is -0.465. The predicted octanol–water partition coefficient (Wildman–Crippen LogP) is 4.42. The van der Waals surface area contributed by atoms with E-state index in [4.69, 9.17) is 12.2 Å². The maximum absolute atomic E-state index is 12.4. The van der Waals surface area contributed by atoms with Gasteiger partial charge in [-0.25, -0.2) is 0 Å². The minimum Gasteiger partial charge on any atom is -0.494 e. The molecule has 4 aromatic rings. The Balaban J connectivity index is 1.72. The van der Waals surface area contributed by atoms with Crippen LogP contribution in [0.4, 0.5) is 0 Å². The highest BCUT2D eigenvalue weighted by atomic mass is 32.1. The second-order valence-corrected chi connectivity index (χ2v) is 6.99. The summed E-state index contributed by atoms with van der Waals surface area (Å²) in [5.74, 6) is -0.224. The van der Waals surface area contributed by atoms with Gasteiger partial charge in [0.05, 0.1) is 5.69 Å². The van der Waals surface area contributed by atoms with Crippen molar-refractivity contribution < 1.29 is 5.11 Å². The van der Waals surface area contributed by atoms with Crippen LogP contribution in [0.15, 0.2) is 82.6 Å². The lowest BCUT2D eigenvalue weighted by molar-refractivity contribution is 0.433. The third kappa shape index (κ3) is 3.88. The van der Waals surface area contributed by atoms with Gasteiger partial charge in [0.2, 0.25) is 5.88 Å². The number of nitrogens with zero attached hydrogens (tertiary/aromatic N) is 2. The molecule has 2 N–H and O–H groups in total. The summed E-state index contributed by atoms with van der Waals surface area (Å²) < 4.78 is 1.60. The quantitative estimate of drug-likeness (QED) is 0.384. The molecule has 0 unspecified atom stereocenters. The number of rotatable bonds is 5. The molecule has 0 radical (unpaired) electrons. The van der Waals surface area contributed by atoms with E-state index in [1.807, 2.05) is 72.8 Å². The predicted molar refractivity (Wildman–Crippen MR) is 119 cm³/mol. The van der Waals surface area contributed by atoms with Gasteiger partial charge in [0.15, 0.2) is 4.77 Å². The average molecular weight is 401 g/mol. The number of aromatic nitrogens is 2. The number of benzene rings is 3. The average Bonchev–Trinajstić information content (AvgIpc) is 2.74. The zero-order chi connectivity index (χ0) is 20.2. The SMILES string of the molecule is O=c1[nH]c(=S)n(-c2cccc3ccccc23)c(O)c1C=NCCc1ccccc1. The minimum absolute atomic E-state index is 0.0830. The van der Waals surface area contributed by atoms with Crippen molar-refractivity contribution in [2.45, 2.75) is 6.42 Å². The Morgan fingerprint density at radius 1 is 1.00 bits per heavy atom. The highest BCUT2D eigenvalue weighted by molar-refractivity contribution is 7.71. The largest absolute Gasteiger partial charge is 0.494 e. The Morgan fingerprint density at radius 2 is 1.72 bits per heavy atom. The molecule has 0 amide bonds. The molecule has 0 bridgehead atoms. The number of hydrogen-bond acceptors (Lipinski definition) is 4. The maximum Gasteiger partial charge on any atom is 0.264 e. The van der Waals surface area contributed by atoms with Gasteiger partial charge in [0, 0.05) is 18.1 Å². The zero-order valence-corrected chi connectivity index (χ0v) is 16.4. The fourth-order valence-corrected chi connectivity index (χ4v) is 3.55. The molecule has 0 aliphatic heterocycles. The van der Waals surface area contributed by atoms with E-state index in [1.165, 1.54) is 10.8 Å². The Morgan fingerprint density at radius 3 is 2.55 bits per heavy atom. The summed E-state index contributed by atoms with van der Waals surface area (Å²) in [4.78, 5) is 19.4. The number of aromatic amines is 1. The van der Waals surface area contributed by atoms with E-state index in [0.717, 1.165) is 22.8 Å². The second-order valence-electron chi connectivity index (χ2n) is 6.60. The van der Waals surface area contributed by atoms with Crippen LogP contribution in [-0.4, -0.2) is 27.4 Å². The first-order chi connectivity index (χ1) is 14.1. The van der Waals surface area contributed by atoms with E-state index >= 15 is 0 Å². The summed E-state index contributed by atoms with van der Waals surface area (Å²) in [6, 6.07) is 23.5. The van der Waals surface area contributed by atoms with Crippen molar-refractivity contribution in [3.8, 4) is 11.6 Å². The standard InChI is InChI=1S/C23H19N3O2S/c27-21-19(15-24-14-13-16-7-2-1-3-8-16)22(28)26(23(29)25-21)20-12-6-10-17-9-4-5-11-18(17)20/h1-12,15,28H,13-14H2,(H,25,27,29). The number of aliphatic imine (C=N–C) groups is 1. The first-order valence-electron chi connectivity index (χ1n) is 9.25. The highest BCUT2D eigenvalue weighted by Gasteiger charge is 2.14. The Bertz CT molecular complexity index is 1300. The number of fused-ring (bicyclic) bond motifs is 1. The molecule has 29 heavy (non-hydrogen) atoms. The molecule has 0 saturated heterocycles. The summed E-state index contributed by atoms with van der Waals surface area (Å²) in [5.41, 5.74) is 1.47. The van der Waals surface area contributed by atoms with Crippen molar-refractivity contribution in [2.24, 2.45) is 4.99 Å². The molecule has 0 fully saturated rings. The van der Waals surface area contributed by atoms with Gasteiger partial charge in [0.1, 0.15) is 5.56 Å². The van der Waals surface area contributed by atoms with E-state index in [-0.39, 0.29) is 16.2 Å². The van der Waals surface area contributed by atoms with E-state index < -0.39 is 5.56 Å². The summed E-state index contributed by atoms with van der Waals surface area (Å²) in [6.45, 7) is 0.507. The van der Waals surface area contributed by atoms with Crippen molar-refractivity contribution in [1.29, 1.82) is 0 Å². The summed E-state index contributed by atoms with van der Waals surface area (Å²) in [6.07, 6.45) is 2.16. The zero-order valence-electron chi connectivity index (χ0n) is 15.6. The molecule has 0 atom stereocenters. The number of aromatic hydroxyl groups is 1. The van der Waals surface area contributed by atoms with Crippen LogP contribution < -0.4 is 5.56 Å². The maximum atomic E-state index is 12.4. The topological polar surface area (TPSA) is 70.4 Å². The summed E-state index contributed by atoms with van der Waals surface area (Å²) in [7, 11) is 0. The van der Waals surface area contributed by atoms with Gasteiger partial charge in [-0.3, -0.25) is 19.3 Å². The van der Waals surface area contributed by atoms with Crippen LogP contribution in [-0.2, 0) is 6.42 Å². The molecule has 4 rings (SSSR count).